The zero-order chi connectivity index (χ0) is 18.6. The number of hydrogen-bond acceptors (Lipinski definition) is 4. The van der Waals surface area contributed by atoms with Crippen LogP contribution in [-0.4, -0.2) is 35.0 Å². The average molecular weight is 360 g/mol. The molecule has 3 heterocycles. The van der Waals surface area contributed by atoms with E-state index >= 15 is 0 Å². The first-order valence-electron chi connectivity index (χ1n) is 9.09. The molecule has 5 heteroatoms. The van der Waals surface area contributed by atoms with Crippen LogP contribution in [0.3, 0.4) is 0 Å². The molecule has 2 fully saturated rings. The number of hydrogen-bond donors (Lipinski definition) is 0. The van der Waals surface area contributed by atoms with Crippen molar-refractivity contribution < 1.29 is 19.4 Å². The Morgan fingerprint density at radius 1 is 1.07 bits per heavy atom. The quantitative estimate of drug-likeness (QED) is 0.771. The highest BCUT2D eigenvalue weighted by molar-refractivity contribution is 5.90. The molecule has 0 aromatic heterocycles. The van der Waals surface area contributed by atoms with E-state index in [0.717, 1.165) is 11.1 Å². The number of fused-ring (bicyclic) bond motifs is 1. The van der Waals surface area contributed by atoms with Crippen molar-refractivity contribution in [2.45, 2.75) is 17.7 Å². The molecular weight excluding hydrogens is 342 g/mol. The molecular formula is C22H18NO4-. The highest BCUT2D eigenvalue weighted by Crippen LogP contribution is 2.53. The number of carboxylic acid groups (broad SMARTS) is 1. The smallest absolute Gasteiger partial charge is 0.230 e. The second-order valence-corrected chi connectivity index (χ2v) is 7.41. The fourth-order valence-corrected chi connectivity index (χ4v) is 4.84. The van der Waals surface area contributed by atoms with Crippen molar-refractivity contribution in [1.29, 1.82) is 0 Å². The summed E-state index contributed by atoms with van der Waals surface area (Å²) in [6, 6.07) is 19.3. The van der Waals surface area contributed by atoms with Crippen molar-refractivity contribution in [3.05, 3.63) is 83.9 Å². The van der Waals surface area contributed by atoms with Gasteiger partial charge >= 0.3 is 0 Å². The molecule has 0 unspecified atom stereocenters. The van der Waals surface area contributed by atoms with E-state index in [1.165, 1.54) is 0 Å². The van der Waals surface area contributed by atoms with Crippen LogP contribution in [0, 0.1) is 11.8 Å². The average Bonchev–Trinajstić information content (AvgIpc) is 3.32. The lowest BCUT2D eigenvalue weighted by Gasteiger charge is -2.31. The van der Waals surface area contributed by atoms with E-state index in [1.54, 1.807) is 11.0 Å². The fraction of sp³-hybridized carbons (Fsp3) is 0.273. The van der Waals surface area contributed by atoms with Gasteiger partial charge in [0.05, 0.1) is 24.6 Å². The number of benzene rings is 2. The van der Waals surface area contributed by atoms with Crippen LogP contribution in [0.25, 0.3) is 0 Å². The maximum atomic E-state index is 13.4. The lowest BCUT2D eigenvalue weighted by atomic mass is 9.77. The second-order valence-electron chi connectivity index (χ2n) is 7.41. The molecule has 5 rings (SSSR count). The molecule has 136 valence electrons. The Bertz CT molecular complexity index is 886. The number of amides is 1. The third kappa shape index (κ3) is 2.28. The van der Waals surface area contributed by atoms with Crippen molar-refractivity contribution in [1.82, 2.24) is 4.90 Å². The van der Waals surface area contributed by atoms with Crippen LogP contribution in [-0.2, 0) is 14.3 Å². The normalized spacial score (nSPS) is 30.9. The summed E-state index contributed by atoms with van der Waals surface area (Å²) < 4.78 is 5.99. The molecule has 0 saturated carbocycles. The Kier molecular flexibility index (Phi) is 3.49. The molecule has 4 atom stereocenters. The van der Waals surface area contributed by atoms with Gasteiger partial charge in [0.2, 0.25) is 5.91 Å². The van der Waals surface area contributed by atoms with E-state index in [1.807, 2.05) is 66.7 Å². The summed E-state index contributed by atoms with van der Waals surface area (Å²) >= 11 is 0. The second kappa shape index (κ2) is 5.79. The fourth-order valence-electron chi connectivity index (χ4n) is 4.84. The lowest BCUT2D eigenvalue weighted by Crippen LogP contribution is -2.45. The van der Waals surface area contributed by atoms with Crippen molar-refractivity contribution in [2.75, 3.05) is 6.54 Å². The summed E-state index contributed by atoms with van der Waals surface area (Å²) in [5.41, 5.74) is 1.10. The minimum absolute atomic E-state index is 0.186. The van der Waals surface area contributed by atoms with E-state index in [9.17, 15) is 14.7 Å². The van der Waals surface area contributed by atoms with Gasteiger partial charge in [0, 0.05) is 11.9 Å². The monoisotopic (exact) mass is 360 g/mol. The molecule has 1 amide bonds. The van der Waals surface area contributed by atoms with Crippen LogP contribution in [0.15, 0.2) is 72.8 Å². The molecule has 0 N–H and O–H groups in total. The topological polar surface area (TPSA) is 69.7 Å². The SMILES string of the molecule is O=C([O-])[C@@H]1[C@H]2C=C[C@@]3(CN(C(c4ccccc4)c4ccccc4)C(=O)[C@@H]13)O2. The summed E-state index contributed by atoms with van der Waals surface area (Å²) in [4.78, 5) is 26.9. The van der Waals surface area contributed by atoms with Crippen molar-refractivity contribution in [2.24, 2.45) is 11.8 Å². The van der Waals surface area contributed by atoms with Gasteiger partial charge < -0.3 is 19.5 Å². The Balaban J connectivity index is 1.59. The van der Waals surface area contributed by atoms with Crippen LogP contribution in [0.4, 0.5) is 0 Å². The molecule has 2 aromatic rings. The number of nitrogens with zero attached hydrogens (tertiary/aromatic N) is 1. The zero-order valence-corrected chi connectivity index (χ0v) is 14.5. The molecule has 1 spiro atoms. The first-order valence-corrected chi connectivity index (χ1v) is 9.09. The third-order valence-electron chi connectivity index (χ3n) is 5.94. The first kappa shape index (κ1) is 16.3. The molecule has 2 aromatic carbocycles. The minimum atomic E-state index is -1.22. The van der Waals surface area contributed by atoms with Gasteiger partial charge in [-0.15, -0.1) is 0 Å². The lowest BCUT2D eigenvalue weighted by molar-refractivity contribution is -0.313. The number of ether oxygens (including phenoxy) is 1. The van der Waals surface area contributed by atoms with Crippen LogP contribution in [0.1, 0.15) is 17.2 Å². The summed E-state index contributed by atoms with van der Waals surface area (Å²) in [6.07, 6.45) is 3.05. The Hall–Kier alpha value is -2.92. The highest BCUT2D eigenvalue weighted by Gasteiger charge is 2.66. The third-order valence-corrected chi connectivity index (χ3v) is 5.94. The minimum Gasteiger partial charge on any atom is -0.550 e. The van der Waals surface area contributed by atoms with Crippen LogP contribution in [0.2, 0.25) is 0 Å². The summed E-state index contributed by atoms with van der Waals surface area (Å²) in [5, 5.41) is 11.7. The van der Waals surface area contributed by atoms with Gasteiger partial charge in [0.15, 0.2) is 0 Å². The molecule has 2 bridgehead atoms. The summed E-state index contributed by atoms with van der Waals surface area (Å²) in [7, 11) is 0. The zero-order valence-electron chi connectivity index (χ0n) is 14.5. The van der Waals surface area contributed by atoms with E-state index in [2.05, 4.69) is 0 Å². The van der Waals surface area contributed by atoms with Gasteiger partial charge in [0.1, 0.15) is 5.60 Å². The van der Waals surface area contributed by atoms with Crippen LogP contribution in [0.5, 0.6) is 0 Å². The maximum Gasteiger partial charge on any atom is 0.230 e. The van der Waals surface area contributed by atoms with Gasteiger partial charge in [-0.25, -0.2) is 0 Å². The summed E-state index contributed by atoms with van der Waals surface area (Å²) in [6.45, 7) is 0.335. The van der Waals surface area contributed by atoms with Gasteiger partial charge in [-0.2, -0.15) is 0 Å². The molecule has 3 aliphatic rings. The van der Waals surface area contributed by atoms with E-state index in [-0.39, 0.29) is 11.9 Å². The Labute approximate surface area is 156 Å². The largest absolute Gasteiger partial charge is 0.550 e. The predicted octanol–water partition coefficient (Wildman–Crippen LogP) is 1.31. The van der Waals surface area contributed by atoms with Gasteiger partial charge in [-0.1, -0.05) is 72.8 Å². The Morgan fingerprint density at radius 2 is 1.67 bits per heavy atom. The first-order chi connectivity index (χ1) is 13.1. The van der Waals surface area contributed by atoms with Crippen LogP contribution < -0.4 is 5.11 Å². The van der Waals surface area contributed by atoms with Gasteiger partial charge in [-0.3, -0.25) is 4.79 Å². The van der Waals surface area contributed by atoms with E-state index in [4.69, 9.17) is 4.74 Å². The van der Waals surface area contributed by atoms with E-state index < -0.39 is 29.5 Å². The maximum absolute atomic E-state index is 13.4. The highest BCUT2D eigenvalue weighted by atomic mass is 16.5. The number of aliphatic carboxylic acids is 1. The number of rotatable bonds is 4. The van der Waals surface area contributed by atoms with Gasteiger partial charge in [-0.05, 0) is 11.1 Å². The van der Waals surface area contributed by atoms with Crippen LogP contribution >= 0.6 is 0 Å². The predicted molar refractivity (Wildman–Crippen MR) is 95.2 cm³/mol. The molecule has 0 aliphatic carbocycles. The molecule has 0 radical (unpaired) electrons. The van der Waals surface area contributed by atoms with Crippen molar-refractivity contribution >= 4 is 11.9 Å². The Morgan fingerprint density at radius 3 is 2.22 bits per heavy atom. The number of carbonyl (C=O) groups excluding carboxylic acids is 2. The van der Waals surface area contributed by atoms with Crippen molar-refractivity contribution in [3.63, 3.8) is 0 Å². The molecule has 27 heavy (non-hydrogen) atoms. The molecule has 3 aliphatic heterocycles. The standard InChI is InChI=1S/C22H19NO4/c24-20-18-17(21(25)26)16-11-12-22(18,27-16)13-23(20)19(14-7-3-1-4-8-14)15-9-5-2-6-10-15/h1-12,16-19H,13H2,(H,25,26)/p-1/t16-,17-,18-,22+/m1/s1. The molecule has 2 saturated heterocycles. The van der Waals surface area contributed by atoms with Gasteiger partial charge in [0.25, 0.3) is 0 Å². The number of carbonyl (C=O) groups is 2. The molecule has 5 nitrogen and oxygen atoms in total. The van der Waals surface area contributed by atoms with Crippen molar-refractivity contribution in [3.8, 4) is 0 Å². The number of carboxylic acids is 1. The number of likely N-dealkylation sites (tertiary alicyclic amines) is 1. The summed E-state index contributed by atoms with van der Waals surface area (Å²) in [5.74, 6) is -3.07. The van der Waals surface area contributed by atoms with E-state index in [0.29, 0.717) is 6.54 Å².